The van der Waals surface area contributed by atoms with Gasteiger partial charge in [0.15, 0.2) is 0 Å². The molecule has 0 bridgehead atoms. The summed E-state index contributed by atoms with van der Waals surface area (Å²) in [6, 6.07) is 14.1. The Morgan fingerprint density at radius 1 is 1.16 bits per heavy atom. The van der Waals surface area contributed by atoms with Crippen LogP contribution in [0.5, 0.6) is 0 Å². The number of nitrogens with one attached hydrogen (secondary N) is 1. The SMILES string of the molecule is Brc1ccccc1.CC(C)C.O=C(NCCCO)c1cc2cc3c(nc2s1)CCCC3. The van der Waals surface area contributed by atoms with Crippen LogP contribution in [0.25, 0.3) is 10.2 Å². The number of nitrogens with zero attached hydrogens (tertiary/aromatic N) is 1. The van der Waals surface area contributed by atoms with Gasteiger partial charge in [0.25, 0.3) is 5.91 Å². The van der Waals surface area contributed by atoms with Gasteiger partial charge < -0.3 is 10.4 Å². The van der Waals surface area contributed by atoms with Gasteiger partial charge >= 0.3 is 0 Å². The second-order valence-corrected chi connectivity index (χ2v) is 10.1. The maximum absolute atomic E-state index is 12.0. The second kappa shape index (κ2) is 13.6. The fraction of sp³-hybridized carbons (Fsp3) is 0.440. The summed E-state index contributed by atoms with van der Waals surface area (Å²) >= 11 is 4.76. The average molecular weight is 506 g/mol. The number of hydrogen-bond donors (Lipinski definition) is 2. The molecule has 0 unspecified atom stereocenters. The van der Waals surface area contributed by atoms with Gasteiger partial charge in [-0.15, -0.1) is 11.3 Å². The number of aliphatic hydroxyl groups excluding tert-OH is 1. The van der Waals surface area contributed by atoms with Crippen LogP contribution in [0.15, 0.2) is 46.9 Å². The zero-order valence-corrected chi connectivity index (χ0v) is 21.1. The van der Waals surface area contributed by atoms with E-state index in [-0.39, 0.29) is 12.5 Å². The quantitative estimate of drug-likeness (QED) is 0.404. The highest BCUT2D eigenvalue weighted by molar-refractivity contribution is 9.10. The molecular weight excluding hydrogens is 472 g/mol. The predicted molar refractivity (Wildman–Crippen MR) is 135 cm³/mol. The molecule has 0 aliphatic heterocycles. The highest BCUT2D eigenvalue weighted by atomic mass is 79.9. The van der Waals surface area contributed by atoms with Crippen LogP contribution < -0.4 is 5.32 Å². The van der Waals surface area contributed by atoms with Crippen molar-refractivity contribution in [3.05, 3.63) is 63.1 Å². The Morgan fingerprint density at radius 3 is 2.45 bits per heavy atom. The van der Waals surface area contributed by atoms with Crippen molar-refractivity contribution in [1.29, 1.82) is 0 Å². The first-order chi connectivity index (χ1) is 14.9. The lowest BCUT2D eigenvalue weighted by molar-refractivity contribution is 0.0955. The Kier molecular flexibility index (Phi) is 11.2. The molecule has 2 aromatic heterocycles. The number of fused-ring (bicyclic) bond motifs is 2. The molecule has 4 rings (SSSR count). The zero-order chi connectivity index (χ0) is 22.6. The van der Waals surface area contributed by atoms with Gasteiger partial charge in [-0.1, -0.05) is 54.9 Å². The molecule has 0 fully saturated rings. The molecule has 1 aromatic carbocycles. The number of hydrogen-bond acceptors (Lipinski definition) is 4. The van der Waals surface area contributed by atoms with Crippen LogP contribution in [-0.4, -0.2) is 29.1 Å². The number of thiophene rings is 1. The largest absolute Gasteiger partial charge is 0.396 e. The van der Waals surface area contributed by atoms with Gasteiger partial charge in [-0.25, -0.2) is 4.98 Å². The number of benzene rings is 1. The van der Waals surface area contributed by atoms with E-state index in [4.69, 9.17) is 10.1 Å². The first kappa shape index (κ1) is 25.5. The lowest BCUT2D eigenvalue weighted by atomic mass is 9.96. The van der Waals surface area contributed by atoms with Crippen LogP contribution in [0.4, 0.5) is 0 Å². The fourth-order valence-corrected chi connectivity index (χ4v) is 4.24. The number of carbonyl (C=O) groups is 1. The van der Waals surface area contributed by atoms with E-state index in [1.54, 1.807) is 0 Å². The number of pyridine rings is 1. The van der Waals surface area contributed by atoms with Crippen molar-refractivity contribution in [2.24, 2.45) is 5.92 Å². The Balaban J connectivity index is 0.000000256. The summed E-state index contributed by atoms with van der Waals surface area (Å²) in [5, 5.41) is 12.6. The van der Waals surface area contributed by atoms with Crippen molar-refractivity contribution in [2.45, 2.75) is 52.9 Å². The number of aliphatic hydroxyl groups is 1. The highest BCUT2D eigenvalue weighted by Gasteiger charge is 2.15. The number of rotatable bonds is 4. The summed E-state index contributed by atoms with van der Waals surface area (Å²) in [5.74, 6) is 0.763. The van der Waals surface area contributed by atoms with E-state index in [9.17, 15) is 4.79 Å². The third-order valence-corrected chi connectivity index (χ3v) is 5.94. The van der Waals surface area contributed by atoms with Crippen LogP contribution in [0.2, 0.25) is 0 Å². The molecule has 4 nitrogen and oxygen atoms in total. The molecule has 168 valence electrons. The van der Waals surface area contributed by atoms with E-state index in [1.807, 2.05) is 36.4 Å². The van der Waals surface area contributed by atoms with Crippen molar-refractivity contribution in [2.75, 3.05) is 13.2 Å². The van der Waals surface area contributed by atoms with Gasteiger partial charge in [0.1, 0.15) is 4.83 Å². The molecule has 1 amide bonds. The summed E-state index contributed by atoms with van der Waals surface area (Å²) in [5.41, 5.74) is 2.55. The minimum absolute atomic E-state index is 0.0700. The molecule has 0 atom stereocenters. The van der Waals surface area contributed by atoms with Crippen molar-refractivity contribution in [3.63, 3.8) is 0 Å². The Bertz CT molecular complexity index is 896. The molecule has 0 radical (unpaired) electrons. The van der Waals surface area contributed by atoms with Crippen LogP contribution >= 0.6 is 27.3 Å². The lowest BCUT2D eigenvalue weighted by Crippen LogP contribution is -2.24. The summed E-state index contributed by atoms with van der Waals surface area (Å²) < 4.78 is 1.13. The molecule has 2 N–H and O–H groups in total. The molecular formula is C25H33BrN2O2S. The molecule has 6 heteroatoms. The molecule has 0 spiro atoms. The van der Waals surface area contributed by atoms with Gasteiger partial charge in [-0.2, -0.15) is 0 Å². The molecule has 0 saturated carbocycles. The van der Waals surface area contributed by atoms with Crippen LogP contribution in [-0.2, 0) is 12.8 Å². The van der Waals surface area contributed by atoms with Crippen LogP contribution in [0.3, 0.4) is 0 Å². The first-order valence-electron chi connectivity index (χ1n) is 10.9. The normalized spacial score (nSPS) is 12.3. The smallest absolute Gasteiger partial charge is 0.261 e. The van der Waals surface area contributed by atoms with Gasteiger partial charge in [0.2, 0.25) is 0 Å². The summed E-state index contributed by atoms with van der Waals surface area (Å²) in [6.45, 7) is 7.11. The molecule has 31 heavy (non-hydrogen) atoms. The summed E-state index contributed by atoms with van der Waals surface area (Å²) in [4.78, 5) is 18.4. The topological polar surface area (TPSA) is 62.2 Å². The molecule has 0 saturated heterocycles. The van der Waals surface area contributed by atoms with E-state index >= 15 is 0 Å². The molecule has 3 aromatic rings. The van der Waals surface area contributed by atoms with Gasteiger partial charge in [-0.3, -0.25) is 4.79 Å². The maximum Gasteiger partial charge on any atom is 0.261 e. The van der Waals surface area contributed by atoms with Gasteiger partial charge in [-0.05, 0) is 67.9 Å². The summed E-state index contributed by atoms with van der Waals surface area (Å²) in [7, 11) is 0. The van der Waals surface area contributed by atoms with E-state index in [0.29, 0.717) is 17.8 Å². The standard InChI is InChI=1S/C15H18N2O2S.C6H5Br.C4H10/c18-7-3-6-16-14(19)13-9-11-8-10-4-1-2-5-12(10)17-15(11)20-13;7-6-4-2-1-3-5-6;1-4(2)3/h8-9,18H,1-7H2,(H,16,19);1-5H;4H,1-3H3. The second-order valence-electron chi connectivity index (χ2n) is 8.17. The Labute approximate surface area is 198 Å². The third-order valence-electron chi connectivity index (χ3n) is 4.36. The molecule has 1 aliphatic carbocycles. The Morgan fingerprint density at radius 2 is 1.84 bits per heavy atom. The van der Waals surface area contributed by atoms with Gasteiger partial charge in [0.05, 0.1) is 4.88 Å². The predicted octanol–water partition coefficient (Wildman–Crippen LogP) is 6.40. The third kappa shape index (κ3) is 9.09. The van der Waals surface area contributed by atoms with E-state index in [1.165, 1.54) is 35.4 Å². The summed E-state index contributed by atoms with van der Waals surface area (Å²) in [6.07, 6.45) is 5.20. The zero-order valence-electron chi connectivity index (χ0n) is 18.7. The lowest BCUT2D eigenvalue weighted by Gasteiger charge is -2.13. The highest BCUT2D eigenvalue weighted by Crippen LogP contribution is 2.29. The number of carbonyl (C=O) groups excluding carboxylic acids is 1. The van der Waals surface area contributed by atoms with E-state index in [2.05, 4.69) is 48.1 Å². The first-order valence-corrected chi connectivity index (χ1v) is 12.5. The number of aromatic nitrogens is 1. The molecule has 1 aliphatic rings. The Hall–Kier alpha value is -1.76. The number of halogens is 1. The van der Waals surface area contributed by atoms with E-state index < -0.39 is 0 Å². The maximum atomic E-state index is 12.0. The van der Waals surface area contributed by atoms with E-state index in [0.717, 1.165) is 33.4 Å². The van der Waals surface area contributed by atoms with Gasteiger partial charge in [0, 0.05) is 28.7 Å². The van der Waals surface area contributed by atoms with Crippen molar-refractivity contribution in [3.8, 4) is 0 Å². The molecule has 2 heterocycles. The number of amides is 1. The van der Waals surface area contributed by atoms with Crippen LogP contribution in [0, 0.1) is 5.92 Å². The fourth-order valence-electron chi connectivity index (χ4n) is 2.99. The van der Waals surface area contributed by atoms with Crippen molar-refractivity contribution < 1.29 is 9.90 Å². The number of aryl methyl sites for hydroxylation is 2. The van der Waals surface area contributed by atoms with Crippen molar-refractivity contribution in [1.82, 2.24) is 10.3 Å². The monoisotopic (exact) mass is 504 g/mol. The van der Waals surface area contributed by atoms with Crippen LogP contribution in [0.1, 0.15) is 61.0 Å². The minimum atomic E-state index is -0.0700. The minimum Gasteiger partial charge on any atom is -0.396 e. The van der Waals surface area contributed by atoms with Crippen molar-refractivity contribution >= 4 is 43.4 Å². The average Bonchev–Trinajstić information content (AvgIpc) is 3.16.